The summed E-state index contributed by atoms with van der Waals surface area (Å²) in [4.78, 5) is 11.9. The Kier molecular flexibility index (Phi) is 4.59. The van der Waals surface area contributed by atoms with Gasteiger partial charge in [0.05, 0.1) is 11.8 Å². The number of aliphatic hydroxyl groups excluding tert-OH is 1. The van der Waals surface area contributed by atoms with Crippen molar-refractivity contribution in [2.45, 2.75) is 19.9 Å². The van der Waals surface area contributed by atoms with Gasteiger partial charge in [0, 0.05) is 37.6 Å². The first kappa shape index (κ1) is 15.1. The van der Waals surface area contributed by atoms with Crippen LogP contribution >= 0.6 is 0 Å². The van der Waals surface area contributed by atoms with Gasteiger partial charge in [0.1, 0.15) is 0 Å². The van der Waals surface area contributed by atoms with Gasteiger partial charge in [0.25, 0.3) is 5.91 Å². The van der Waals surface area contributed by atoms with Crippen molar-refractivity contribution in [3.63, 3.8) is 0 Å². The monoisotopic (exact) mass is 288 g/mol. The minimum atomic E-state index is -0.195. The molecule has 0 aliphatic heterocycles. The third-order valence-corrected chi connectivity index (χ3v) is 3.44. The van der Waals surface area contributed by atoms with E-state index in [0.29, 0.717) is 24.2 Å². The third-order valence-electron chi connectivity index (χ3n) is 3.44. The van der Waals surface area contributed by atoms with Crippen LogP contribution in [0.4, 0.5) is 5.69 Å². The molecule has 2 rings (SSSR count). The second-order valence-electron chi connectivity index (χ2n) is 4.85. The number of aromatic nitrogens is 2. The number of hydrogen-bond donors (Lipinski definition) is 3. The Hall–Kier alpha value is -2.34. The van der Waals surface area contributed by atoms with Crippen LogP contribution in [-0.4, -0.2) is 34.4 Å². The molecule has 0 radical (unpaired) electrons. The Balaban J connectivity index is 2.40. The number of amides is 1. The van der Waals surface area contributed by atoms with Gasteiger partial charge in [-0.15, -0.1) is 0 Å². The number of anilines is 1. The molecule has 1 amide bonds. The minimum Gasteiger partial charge on any atom is -0.398 e. The minimum absolute atomic E-state index is 0.136. The van der Waals surface area contributed by atoms with E-state index in [0.717, 1.165) is 16.7 Å². The highest BCUT2D eigenvalue weighted by Gasteiger charge is 2.16. The molecule has 21 heavy (non-hydrogen) atoms. The molecule has 1 aromatic carbocycles. The van der Waals surface area contributed by atoms with Crippen molar-refractivity contribution < 1.29 is 9.90 Å². The lowest BCUT2D eigenvalue weighted by atomic mass is 9.96. The van der Waals surface area contributed by atoms with E-state index in [-0.39, 0.29) is 12.5 Å². The molecular formula is C15H20N4O2. The summed E-state index contributed by atoms with van der Waals surface area (Å²) in [7, 11) is 1.58. The number of rotatable bonds is 5. The second kappa shape index (κ2) is 6.41. The molecule has 6 nitrogen and oxygen atoms in total. The smallest absolute Gasteiger partial charge is 0.253 e. The number of hydrogen-bond acceptors (Lipinski definition) is 4. The Morgan fingerprint density at radius 2 is 2.24 bits per heavy atom. The van der Waals surface area contributed by atoms with Gasteiger partial charge in [0.2, 0.25) is 0 Å². The zero-order valence-corrected chi connectivity index (χ0v) is 12.3. The molecule has 4 N–H and O–H groups in total. The van der Waals surface area contributed by atoms with Crippen molar-refractivity contribution in [2.24, 2.45) is 0 Å². The van der Waals surface area contributed by atoms with Crippen molar-refractivity contribution in [1.29, 1.82) is 0 Å². The fourth-order valence-corrected chi connectivity index (χ4v) is 2.33. The second-order valence-corrected chi connectivity index (χ2v) is 4.85. The van der Waals surface area contributed by atoms with E-state index in [1.165, 1.54) is 0 Å². The number of aryl methyl sites for hydroxylation is 1. The molecule has 0 fully saturated rings. The largest absolute Gasteiger partial charge is 0.398 e. The Morgan fingerprint density at radius 1 is 1.48 bits per heavy atom. The van der Waals surface area contributed by atoms with E-state index in [2.05, 4.69) is 10.4 Å². The lowest BCUT2D eigenvalue weighted by Gasteiger charge is -2.12. The third kappa shape index (κ3) is 3.05. The average molecular weight is 288 g/mol. The van der Waals surface area contributed by atoms with Crippen LogP contribution in [0.2, 0.25) is 0 Å². The van der Waals surface area contributed by atoms with Gasteiger partial charge < -0.3 is 16.2 Å². The topological polar surface area (TPSA) is 93.2 Å². The van der Waals surface area contributed by atoms with Gasteiger partial charge >= 0.3 is 0 Å². The normalized spacial score (nSPS) is 10.6. The summed E-state index contributed by atoms with van der Waals surface area (Å²) in [5.41, 5.74) is 9.55. The number of benzene rings is 1. The van der Waals surface area contributed by atoms with Crippen LogP contribution in [0.25, 0.3) is 11.1 Å². The van der Waals surface area contributed by atoms with Crippen molar-refractivity contribution >= 4 is 11.6 Å². The number of nitrogens with one attached hydrogen (secondary N) is 1. The first-order valence-corrected chi connectivity index (χ1v) is 6.83. The lowest BCUT2D eigenvalue weighted by molar-refractivity contribution is 0.0963. The Labute approximate surface area is 123 Å². The van der Waals surface area contributed by atoms with Crippen LogP contribution in [0.15, 0.2) is 24.5 Å². The molecular weight excluding hydrogens is 268 g/mol. The Morgan fingerprint density at radius 3 is 2.90 bits per heavy atom. The number of aliphatic hydroxyl groups is 1. The van der Waals surface area contributed by atoms with E-state index in [9.17, 15) is 4.79 Å². The van der Waals surface area contributed by atoms with Crippen LogP contribution in [0.1, 0.15) is 22.3 Å². The van der Waals surface area contributed by atoms with Crippen molar-refractivity contribution in [3.05, 3.63) is 35.7 Å². The maximum Gasteiger partial charge on any atom is 0.253 e. The summed E-state index contributed by atoms with van der Waals surface area (Å²) in [6.07, 6.45) is 4.32. The molecule has 1 heterocycles. The van der Waals surface area contributed by atoms with Crippen molar-refractivity contribution in [1.82, 2.24) is 15.1 Å². The van der Waals surface area contributed by atoms with Gasteiger partial charge in [-0.05, 0) is 30.5 Å². The maximum absolute atomic E-state index is 11.9. The molecule has 6 heteroatoms. The van der Waals surface area contributed by atoms with Gasteiger partial charge in [-0.25, -0.2) is 0 Å². The fraction of sp³-hybridized carbons (Fsp3) is 0.333. The maximum atomic E-state index is 11.9. The van der Waals surface area contributed by atoms with Crippen molar-refractivity contribution in [2.75, 3.05) is 19.4 Å². The van der Waals surface area contributed by atoms with E-state index >= 15 is 0 Å². The van der Waals surface area contributed by atoms with E-state index in [1.54, 1.807) is 24.0 Å². The molecule has 0 spiro atoms. The van der Waals surface area contributed by atoms with Crippen molar-refractivity contribution in [3.8, 4) is 11.1 Å². The first-order valence-electron chi connectivity index (χ1n) is 6.83. The summed E-state index contributed by atoms with van der Waals surface area (Å²) in [6.45, 7) is 2.67. The van der Waals surface area contributed by atoms with Crippen LogP contribution in [0, 0.1) is 6.92 Å². The molecule has 0 aliphatic rings. The summed E-state index contributed by atoms with van der Waals surface area (Å²) in [5.74, 6) is -0.195. The number of nitrogens with two attached hydrogens (primary N) is 1. The molecule has 0 unspecified atom stereocenters. The molecule has 0 saturated carbocycles. The molecule has 2 aromatic rings. The predicted molar refractivity (Wildman–Crippen MR) is 81.9 cm³/mol. The average Bonchev–Trinajstić information content (AvgIpc) is 2.93. The summed E-state index contributed by atoms with van der Waals surface area (Å²) >= 11 is 0. The van der Waals surface area contributed by atoms with Gasteiger partial charge in [0.15, 0.2) is 0 Å². The van der Waals surface area contributed by atoms with Crippen LogP contribution in [-0.2, 0) is 6.54 Å². The highest BCUT2D eigenvalue weighted by Crippen LogP contribution is 2.29. The molecule has 0 atom stereocenters. The van der Waals surface area contributed by atoms with Gasteiger partial charge in [-0.1, -0.05) is 6.07 Å². The van der Waals surface area contributed by atoms with E-state index in [4.69, 9.17) is 10.8 Å². The van der Waals surface area contributed by atoms with Crippen LogP contribution in [0.5, 0.6) is 0 Å². The zero-order valence-electron chi connectivity index (χ0n) is 12.3. The van der Waals surface area contributed by atoms with Gasteiger partial charge in [-0.3, -0.25) is 9.48 Å². The van der Waals surface area contributed by atoms with Gasteiger partial charge in [-0.2, -0.15) is 5.10 Å². The van der Waals surface area contributed by atoms with Crippen LogP contribution in [0.3, 0.4) is 0 Å². The molecule has 1 aromatic heterocycles. The number of nitrogens with zero attached hydrogens (tertiary/aromatic N) is 2. The number of nitrogen functional groups attached to an aromatic ring is 1. The lowest BCUT2D eigenvalue weighted by Crippen LogP contribution is -2.20. The summed E-state index contributed by atoms with van der Waals surface area (Å²) in [6, 6.07) is 3.63. The predicted octanol–water partition coefficient (Wildman–Crippen LogP) is 1.18. The molecule has 0 aliphatic carbocycles. The number of carbonyl (C=O) groups is 1. The SMILES string of the molecule is CNC(=O)c1c(N)ccc(-c2cnn(CCCO)c2)c1C. The standard InChI is InChI=1S/C15H20N4O2/c1-10-12(4-5-13(16)14(10)15(21)17-2)11-8-18-19(9-11)6-3-7-20/h4-5,8-9,20H,3,6-7,16H2,1-2H3,(H,17,21). The van der Waals surface area contributed by atoms with E-state index in [1.807, 2.05) is 19.2 Å². The fourth-order valence-electron chi connectivity index (χ4n) is 2.33. The van der Waals surface area contributed by atoms with Crippen LogP contribution < -0.4 is 11.1 Å². The molecule has 0 bridgehead atoms. The van der Waals surface area contributed by atoms with E-state index < -0.39 is 0 Å². The zero-order chi connectivity index (χ0) is 15.4. The highest BCUT2D eigenvalue weighted by atomic mass is 16.3. The Bertz CT molecular complexity index is 649. The summed E-state index contributed by atoms with van der Waals surface area (Å²) < 4.78 is 1.78. The summed E-state index contributed by atoms with van der Waals surface area (Å²) in [5, 5.41) is 15.7. The highest BCUT2D eigenvalue weighted by molar-refractivity contribution is 6.02. The number of carbonyl (C=O) groups excluding carboxylic acids is 1. The quantitative estimate of drug-likeness (QED) is 0.720. The molecule has 0 saturated heterocycles. The molecule has 112 valence electrons. The first-order chi connectivity index (χ1) is 10.1.